The van der Waals surface area contributed by atoms with Gasteiger partial charge in [-0.15, -0.1) is 0 Å². The van der Waals surface area contributed by atoms with Crippen molar-refractivity contribution < 1.29 is 5.11 Å². The maximum Gasteiger partial charge on any atom is 0.137 e. The molecule has 3 unspecified atom stereocenters. The fraction of sp³-hybridized carbons (Fsp3) is 0.762. The highest BCUT2D eigenvalue weighted by Crippen LogP contribution is 2.42. The molecule has 0 aliphatic heterocycles. The van der Waals surface area contributed by atoms with E-state index >= 15 is 0 Å². The molecular formula is C21H38N4OS. The van der Waals surface area contributed by atoms with Gasteiger partial charge in [-0.25, -0.2) is 0 Å². The Morgan fingerprint density at radius 2 is 1.89 bits per heavy atom. The van der Waals surface area contributed by atoms with Gasteiger partial charge in [0, 0.05) is 18.7 Å². The van der Waals surface area contributed by atoms with Crippen LogP contribution < -0.4 is 11.1 Å². The molecule has 1 rings (SSSR count). The van der Waals surface area contributed by atoms with E-state index in [-0.39, 0.29) is 29.4 Å². The monoisotopic (exact) mass is 394 g/mol. The topological polar surface area (TPSA) is 83.0 Å². The number of rotatable bonds is 5. The van der Waals surface area contributed by atoms with Crippen LogP contribution in [0.4, 0.5) is 0 Å². The van der Waals surface area contributed by atoms with Crippen molar-refractivity contribution in [1.29, 1.82) is 0 Å². The highest BCUT2D eigenvalue weighted by molar-refractivity contribution is 7.80. The summed E-state index contributed by atoms with van der Waals surface area (Å²) in [4.78, 5) is 10.1. The lowest BCUT2D eigenvalue weighted by atomic mass is 9.86. The molecule has 0 radical (unpaired) electrons. The number of amidine groups is 2. The Labute approximate surface area is 170 Å². The Hall–Kier alpha value is -1.27. The summed E-state index contributed by atoms with van der Waals surface area (Å²) in [5.74, 6) is 2.03. The van der Waals surface area contributed by atoms with Crippen molar-refractivity contribution in [3.05, 3.63) is 11.1 Å². The summed E-state index contributed by atoms with van der Waals surface area (Å²) in [6.07, 6.45) is 1.90. The second kappa shape index (κ2) is 9.28. The van der Waals surface area contributed by atoms with Gasteiger partial charge in [-0.2, -0.15) is 0 Å². The van der Waals surface area contributed by atoms with E-state index in [0.717, 1.165) is 36.4 Å². The summed E-state index contributed by atoms with van der Waals surface area (Å²) in [6.45, 7) is 17.6. The Balaban J connectivity index is 3.31. The molecule has 1 aliphatic carbocycles. The van der Waals surface area contributed by atoms with Crippen LogP contribution in [0.5, 0.6) is 0 Å². The van der Waals surface area contributed by atoms with E-state index in [2.05, 4.69) is 44.9 Å². The number of aliphatic imine (C=N–C) groups is 2. The molecule has 5 nitrogen and oxygen atoms in total. The van der Waals surface area contributed by atoms with Gasteiger partial charge in [0.1, 0.15) is 10.8 Å². The van der Waals surface area contributed by atoms with Crippen LogP contribution in [-0.4, -0.2) is 40.5 Å². The van der Waals surface area contributed by atoms with E-state index in [9.17, 15) is 5.11 Å². The van der Waals surface area contributed by atoms with Crippen molar-refractivity contribution in [3.63, 3.8) is 0 Å². The number of nitrogens with two attached hydrogens (primary N) is 1. The molecule has 0 amide bonds. The number of nitrogens with zero attached hydrogens (tertiary/aromatic N) is 2. The first-order chi connectivity index (χ1) is 12.3. The van der Waals surface area contributed by atoms with Crippen molar-refractivity contribution in [1.82, 2.24) is 5.32 Å². The van der Waals surface area contributed by atoms with Crippen LogP contribution in [-0.2, 0) is 0 Å². The van der Waals surface area contributed by atoms with Crippen LogP contribution in [0.15, 0.2) is 21.1 Å². The van der Waals surface area contributed by atoms with Crippen molar-refractivity contribution in [2.24, 2.45) is 33.0 Å². The first-order valence-electron chi connectivity index (χ1n) is 9.77. The van der Waals surface area contributed by atoms with Crippen LogP contribution in [0.25, 0.3) is 0 Å². The standard InChI is InChI=1S/C21H38N4OS/c1-13(2)17(18(22)27)19(24-15(4)23-12-20(5,6)7)25-21(8)10-9-16(11-26)14(21)3/h14,16,26H,9-12H2,1-8H3,(H2,22,27)(H,23,24,25). The van der Waals surface area contributed by atoms with Crippen LogP contribution in [0.1, 0.15) is 68.2 Å². The first-order valence-corrected chi connectivity index (χ1v) is 10.2. The minimum atomic E-state index is -0.272. The van der Waals surface area contributed by atoms with Gasteiger partial charge in [-0.05, 0) is 57.8 Å². The average Bonchev–Trinajstić information content (AvgIpc) is 2.79. The van der Waals surface area contributed by atoms with Crippen LogP contribution in [0.2, 0.25) is 0 Å². The summed E-state index contributed by atoms with van der Waals surface area (Å²) >= 11 is 5.32. The highest BCUT2D eigenvalue weighted by atomic mass is 32.1. The fourth-order valence-electron chi connectivity index (χ4n) is 3.44. The molecule has 0 spiro atoms. The molecule has 154 valence electrons. The second-order valence-electron chi connectivity index (χ2n) is 9.41. The van der Waals surface area contributed by atoms with Gasteiger partial charge in [0.05, 0.1) is 11.4 Å². The maximum atomic E-state index is 9.65. The highest BCUT2D eigenvalue weighted by Gasteiger charge is 2.42. The minimum absolute atomic E-state index is 0.114. The van der Waals surface area contributed by atoms with E-state index in [1.807, 2.05) is 20.8 Å². The smallest absolute Gasteiger partial charge is 0.137 e. The summed E-state index contributed by atoms with van der Waals surface area (Å²) in [5.41, 5.74) is 7.67. The third-order valence-electron chi connectivity index (χ3n) is 5.38. The molecule has 0 aromatic heterocycles. The van der Waals surface area contributed by atoms with Crippen LogP contribution in [0.3, 0.4) is 0 Å². The van der Waals surface area contributed by atoms with Gasteiger partial charge in [-0.1, -0.05) is 45.5 Å². The van der Waals surface area contributed by atoms with E-state index in [4.69, 9.17) is 22.9 Å². The number of aliphatic hydroxyl groups excluding tert-OH is 1. The number of thiocarbonyl (C=S) groups is 1. The quantitative estimate of drug-likeness (QED) is 0.286. The van der Waals surface area contributed by atoms with E-state index in [1.165, 1.54) is 0 Å². The minimum Gasteiger partial charge on any atom is -0.396 e. The van der Waals surface area contributed by atoms with Crippen molar-refractivity contribution in [2.75, 3.05) is 13.2 Å². The maximum absolute atomic E-state index is 9.65. The van der Waals surface area contributed by atoms with E-state index in [0.29, 0.717) is 10.8 Å². The summed E-state index contributed by atoms with van der Waals surface area (Å²) in [6, 6.07) is 0. The first kappa shape index (κ1) is 23.8. The largest absolute Gasteiger partial charge is 0.396 e. The summed E-state index contributed by atoms with van der Waals surface area (Å²) in [5, 5.41) is 13.0. The van der Waals surface area contributed by atoms with Gasteiger partial charge in [0.2, 0.25) is 0 Å². The van der Waals surface area contributed by atoms with Gasteiger partial charge in [0.15, 0.2) is 0 Å². The lowest BCUT2D eigenvalue weighted by Crippen LogP contribution is -2.39. The lowest BCUT2D eigenvalue weighted by molar-refractivity contribution is 0.183. The van der Waals surface area contributed by atoms with Gasteiger partial charge >= 0.3 is 0 Å². The molecule has 0 aromatic rings. The zero-order valence-electron chi connectivity index (χ0n) is 18.3. The number of hydrogen-bond donors (Lipinski definition) is 3. The van der Waals surface area contributed by atoms with Crippen molar-refractivity contribution >= 4 is 28.9 Å². The Bertz CT molecular complexity index is 641. The van der Waals surface area contributed by atoms with Gasteiger partial charge in [0.25, 0.3) is 0 Å². The third-order valence-corrected chi connectivity index (χ3v) is 5.59. The molecule has 0 aromatic carbocycles. The van der Waals surface area contributed by atoms with Crippen LogP contribution >= 0.6 is 12.2 Å². The number of allylic oxidation sites excluding steroid dienone is 1. The molecule has 1 saturated carbocycles. The SMILES string of the molecule is CC(=NCC(C)(C)C)NC(=NC1(C)CCC(CO)C1C)C(C(N)=S)=C(C)C. The number of aliphatic hydroxyl groups is 1. The Kier molecular flexibility index (Phi) is 8.17. The fourth-order valence-corrected chi connectivity index (χ4v) is 3.74. The molecule has 0 saturated heterocycles. The Morgan fingerprint density at radius 3 is 2.30 bits per heavy atom. The molecule has 3 atom stereocenters. The molecule has 1 fully saturated rings. The number of nitrogens with one attached hydrogen (secondary N) is 1. The molecule has 6 heteroatoms. The van der Waals surface area contributed by atoms with Crippen LogP contribution in [0, 0.1) is 17.3 Å². The normalized spacial score (nSPS) is 26.9. The zero-order chi connectivity index (χ0) is 21.0. The molecule has 1 aliphatic rings. The van der Waals surface area contributed by atoms with Gasteiger partial charge in [-0.3, -0.25) is 9.98 Å². The van der Waals surface area contributed by atoms with Crippen molar-refractivity contribution in [2.45, 2.75) is 73.8 Å². The molecule has 27 heavy (non-hydrogen) atoms. The molecule has 0 bridgehead atoms. The van der Waals surface area contributed by atoms with E-state index < -0.39 is 0 Å². The predicted molar refractivity (Wildman–Crippen MR) is 121 cm³/mol. The zero-order valence-corrected chi connectivity index (χ0v) is 19.1. The molecule has 4 N–H and O–H groups in total. The summed E-state index contributed by atoms with van der Waals surface area (Å²) < 4.78 is 0. The predicted octanol–water partition coefficient (Wildman–Crippen LogP) is 3.86. The third kappa shape index (κ3) is 6.68. The van der Waals surface area contributed by atoms with E-state index in [1.54, 1.807) is 0 Å². The second-order valence-corrected chi connectivity index (χ2v) is 9.85. The number of hydrogen-bond acceptors (Lipinski definition) is 4. The average molecular weight is 395 g/mol. The molecular weight excluding hydrogens is 356 g/mol. The van der Waals surface area contributed by atoms with Gasteiger partial charge < -0.3 is 16.2 Å². The summed E-state index contributed by atoms with van der Waals surface area (Å²) in [7, 11) is 0. The lowest BCUT2D eigenvalue weighted by Gasteiger charge is -2.29. The Morgan fingerprint density at radius 1 is 1.30 bits per heavy atom. The van der Waals surface area contributed by atoms with Crippen molar-refractivity contribution in [3.8, 4) is 0 Å². The molecule has 0 heterocycles.